The Morgan fingerprint density at radius 1 is 1.26 bits per heavy atom. The Morgan fingerprint density at radius 3 is 2.52 bits per heavy atom. The summed E-state index contributed by atoms with van der Waals surface area (Å²) >= 11 is 0. The molecule has 1 aromatic heterocycles. The number of aliphatic hydroxyl groups is 1. The van der Waals surface area contributed by atoms with Crippen LogP contribution < -0.4 is 4.74 Å². The lowest BCUT2D eigenvalue weighted by atomic mass is 10.2. The van der Waals surface area contributed by atoms with Crippen molar-refractivity contribution in [3.05, 3.63) is 47.9 Å². The summed E-state index contributed by atoms with van der Waals surface area (Å²) in [6.45, 7) is 0.815. The molecule has 0 aliphatic rings. The average molecular weight is 330 g/mol. The van der Waals surface area contributed by atoms with E-state index in [1.54, 1.807) is 13.1 Å². The zero-order chi connectivity index (χ0) is 16.9. The molecule has 0 amide bonds. The monoisotopic (exact) mass is 330 g/mol. The van der Waals surface area contributed by atoms with Crippen molar-refractivity contribution < 1.29 is 27.5 Å². The normalized spacial score (nSPS) is 13.3. The molecular formula is C15H17F3N2O3. The SMILES string of the molecule is CN(Cc1ccon1)CC(O)COc1ccc(C(F)(F)F)cc1. The summed E-state index contributed by atoms with van der Waals surface area (Å²) in [5.74, 6) is 0.274. The highest BCUT2D eigenvalue weighted by Crippen LogP contribution is 2.30. The highest BCUT2D eigenvalue weighted by molar-refractivity contribution is 5.28. The van der Waals surface area contributed by atoms with Crippen molar-refractivity contribution in [1.29, 1.82) is 0 Å². The Labute approximate surface area is 131 Å². The number of aliphatic hydroxyl groups excluding tert-OH is 1. The first-order chi connectivity index (χ1) is 10.8. The molecule has 1 heterocycles. The fourth-order valence-corrected chi connectivity index (χ4v) is 2.01. The van der Waals surface area contributed by atoms with E-state index in [-0.39, 0.29) is 12.4 Å². The molecule has 0 bridgehead atoms. The van der Waals surface area contributed by atoms with Gasteiger partial charge in [-0.05, 0) is 31.3 Å². The Bertz CT molecular complexity index is 585. The molecule has 1 unspecified atom stereocenters. The molecule has 5 nitrogen and oxygen atoms in total. The van der Waals surface area contributed by atoms with Crippen LogP contribution in [0.3, 0.4) is 0 Å². The van der Waals surface area contributed by atoms with E-state index < -0.39 is 17.8 Å². The van der Waals surface area contributed by atoms with Crippen LogP contribution >= 0.6 is 0 Å². The van der Waals surface area contributed by atoms with Gasteiger partial charge in [-0.1, -0.05) is 5.16 Å². The molecule has 0 saturated carbocycles. The van der Waals surface area contributed by atoms with E-state index in [1.807, 2.05) is 4.90 Å². The minimum absolute atomic E-state index is 0.0193. The molecule has 126 valence electrons. The molecule has 2 aromatic rings. The number of alkyl halides is 3. The summed E-state index contributed by atoms with van der Waals surface area (Å²) < 4.78 is 47.3. The van der Waals surface area contributed by atoms with Gasteiger partial charge in [0.25, 0.3) is 0 Å². The topological polar surface area (TPSA) is 58.7 Å². The van der Waals surface area contributed by atoms with Gasteiger partial charge in [0.15, 0.2) is 0 Å². The zero-order valence-corrected chi connectivity index (χ0v) is 12.5. The van der Waals surface area contributed by atoms with Crippen LogP contribution in [0.4, 0.5) is 13.2 Å². The third kappa shape index (κ3) is 5.57. The number of hydrogen-bond donors (Lipinski definition) is 1. The summed E-state index contributed by atoms with van der Waals surface area (Å²) in [5, 5.41) is 13.7. The fraction of sp³-hybridized carbons (Fsp3) is 0.400. The van der Waals surface area contributed by atoms with Gasteiger partial charge in [0.05, 0.1) is 11.3 Å². The van der Waals surface area contributed by atoms with E-state index in [2.05, 4.69) is 5.16 Å². The van der Waals surface area contributed by atoms with Crippen molar-refractivity contribution in [2.24, 2.45) is 0 Å². The zero-order valence-electron chi connectivity index (χ0n) is 12.5. The third-order valence-electron chi connectivity index (χ3n) is 3.07. The average Bonchev–Trinajstić information content (AvgIpc) is 2.97. The van der Waals surface area contributed by atoms with Gasteiger partial charge in [0, 0.05) is 19.2 Å². The predicted octanol–water partition coefficient (Wildman–Crippen LogP) is 2.57. The van der Waals surface area contributed by atoms with E-state index in [0.29, 0.717) is 13.1 Å². The largest absolute Gasteiger partial charge is 0.491 e. The summed E-state index contributed by atoms with van der Waals surface area (Å²) in [4.78, 5) is 1.83. The van der Waals surface area contributed by atoms with Crippen LogP contribution in [0.1, 0.15) is 11.3 Å². The first-order valence-corrected chi connectivity index (χ1v) is 6.90. The number of nitrogens with zero attached hydrogens (tertiary/aromatic N) is 2. The Kier molecular flexibility index (Phi) is 5.62. The first-order valence-electron chi connectivity index (χ1n) is 6.90. The minimum atomic E-state index is -4.37. The number of benzene rings is 1. The summed E-state index contributed by atoms with van der Waals surface area (Å²) in [6.07, 6.45) is -3.69. The molecule has 0 fully saturated rings. The number of rotatable bonds is 7. The van der Waals surface area contributed by atoms with Gasteiger partial charge in [-0.2, -0.15) is 13.2 Å². The lowest BCUT2D eigenvalue weighted by Crippen LogP contribution is -2.32. The van der Waals surface area contributed by atoms with Crippen molar-refractivity contribution in [2.45, 2.75) is 18.8 Å². The van der Waals surface area contributed by atoms with Gasteiger partial charge in [0.1, 0.15) is 24.7 Å². The molecule has 1 aromatic carbocycles. The van der Waals surface area contributed by atoms with Crippen molar-refractivity contribution in [3.8, 4) is 5.75 Å². The van der Waals surface area contributed by atoms with Gasteiger partial charge in [-0.15, -0.1) is 0 Å². The number of aromatic nitrogens is 1. The molecule has 0 radical (unpaired) electrons. The van der Waals surface area contributed by atoms with Gasteiger partial charge >= 0.3 is 6.18 Å². The summed E-state index contributed by atoms with van der Waals surface area (Å²) in [7, 11) is 1.80. The van der Waals surface area contributed by atoms with Crippen molar-refractivity contribution in [3.63, 3.8) is 0 Å². The first kappa shape index (κ1) is 17.3. The van der Waals surface area contributed by atoms with E-state index in [9.17, 15) is 18.3 Å². The van der Waals surface area contributed by atoms with E-state index in [0.717, 1.165) is 17.8 Å². The quantitative estimate of drug-likeness (QED) is 0.845. The number of halogens is 3. The third-order valence-corrected chi connectivity index (χ3v) is 3.07. The van der Waals surface area contributed by atoms with E-state index >= 15 is 0 Å². The number of hydrogen-bond acceptors (Lipinski definition) is 5. The van der Waals surface area contributed by atoms with Crippen LogP contribution in [-0.4, -0.2) is 41.5 Å². The lowest BCUT2D eigenvalue weighted by Gasteiger charge is -2.19. The Morgan fingerprint density at radius 2 is 1.96 bits per heavy atom. The van der Waals surface area contributed by atoms with Crippen molar-refractivity contribution in [2.75, 3.05) is 20.2 Å². The number of likely N-dealkylation sites (N-methyl/N-ethyl adjacent to an activating group) is 1. The second kappa shape index (κ2) is 7.47. The lowest BCUT2D eigenvalue weighted by molar-refractivity contribution is -0.137. The van der Waals surface area contributed by atoms with Crippen LogP contribution in [-0.2, 0) is 12.7 Å². The van der Waals surface area contributed by atoms with Crippen LogP contribution in [0.15, 0.2) is 41.1 Å². The van der Waals surface area contributed by atoms with Gasteiger partial charge in [-0.25, -0.2) is 0 Å². The van der Waals surface area contributed by atoms with Crippen LogP contribution in [0, 0.1) is 0 Å². The number of ether oxygens (including phenoxy) is 1. The second-order valence-corrected chi connectivity index (χ2v) is 5.17. The molecular weight excluding hydrogens is 313 g/mol. The highest BCUT2D eigenvalue weighted by atomic mass is 19.4. The molecule has 2 rings (SSSR count). The van der Waals surface area contributed by atoms with Gasteiger partial charge < -0.3 is 14.4 Å². The van der Waals surface area contributed by atoms with Crippen LogP contribution in [0.25, 0.3) is 0 Å². The molecule has 23 heavy (non-hydrogen) atoms. The van der Waals surface area contributed by atoms with Gasteiger partial charge in [-0.3, -0.25) is 4.90 Å². The Hall–Kier alpha value is -2.06. The molecule has 1 atom stereocenters. The molecule has 0 aliphatic carbocycles. The molecule has 0 spiro atoms. The maximum Gasteiger partial charge on any atom is 0.416 e. The summed E-state index contributed by atoms with van der Waals surface area (Å²) in [6, 6.07) is 6.07. The van der Waals surface area contributed by atoms with Crippen molar-refractivity contribution in [1.82, 2.24) is 10.1 Å². The summed E-state index contributed by atoms with van der Waals surface area (Å²) in [5.41, 5.74) is 0.00102. The minimum Gasteiger partial charge on any atom is -0.491 e. The second-order valence-electron chi connectivity index (χ2n) is 5.17. The molecule has 0 saturated heterocycles. The van der Waals surface area contributed by atoms with E-state index in [1.165, 1.54) is 18.4 Å². The highest BCUT2D eigenvalue weighted by Gasteiger charge is 2.30. The maximum atomic E-state index is 12.4. The molecule has 0 aliphatic heterocycles. The molecule has 8 heteroatoms. The van der Waals surface area contributed by atoms with Crippen molar-refractivity contribution >= 4 is 0 Å². The maximum absolute atomic E-state index is 12.4. The predicted molar refractivity (Wildman–Crippen MR) is 75.8 cm³/mol. The smallest absolute Gasteiger partial charge is 0.416 e. The van der Waals surface area contributed by atoms with Crippen LogP contribution in [0.5, 0.6) is 5.75 Å². The van der Waals surface area contributed by atoms with E-state index in [4.69, 9.17) is 9.26 Å². The Balaban J connectivity index is 1.76. The van der Waals surface area contributed by atoms with Gasteiger partial charge in [0.2, 0.25) is 0 Å². The van der Waals surface area contributed by atoms with Crippen LogP contribution in [0.2, 0.25) is 0 Å². The standard InChI is InChI=1S/C15H17F3N2O3/c1-20(8-12-6-7-23-19-12)9-13(21)10-22-14-4-2-11(3-5-14)15(16,17)18/h2-7,13,21H,8-10H2,1H3. The molecule has 1 N–H and O–H groups in total. The fourth-order valence-electron chi connectivity index (χ4n) is 2.01.